The highest BCUT2D eigenvalue weighted by Gasteiger charge is 2.16. The van der Waals surface area contributed by atoms with Crippen molar-refractivity contribution in [2.24, 2.45) is 0 Å². The van der Waals surface area contributed by atoms with Crippen LogP contribution in [-0.2, 0) is 18.8 Å². The highest BCUT2D eigenvalue weighted by atomic mass is 32.2. The minimum Gasteiger partial charge on any atom is -0.283 e. The topological polar surface area (TPSA) is 78.5 Å². The van der Waals surface area contributed by atoms with Crippen LogP contribution in [0.15, 0.2) is 59.0 Å². The van der Waals surface area contributed by atoms with Crippen LogP contribution in [0.1, 0.15) is 19.2 Å². The highest BCUT2D eigenvalue weighted by Crippen LogP contribution is 2.32. The Kier molecular flexibility index (Phi) is 5.86. The Morgan fingerprint density at radius 2 is 2.10 bits per heavy atom. The lowest BCUT2D eigenvalue weighted by molar-refractivity contribution is 0.564. The first-order chi connectivity index (χ1) is 14.2. The molecular formula is C20H20N6OS2. The Hall–Kier alpha value is -2.78. The molecule has 0 saturated carbocycles. The molecule has 0 radical (unpaired) electrons. The van der Waals surface area contributed by atoms with Gasteiger partial charge in [-0.15, -0.1) is 23.0 Å². The van der Waals surface area contributed by atoms with Gasteiger partial charge < -0.3 is 0 Å². The molecule has 0 amide bonds. The molecule has 9 heteroatoms. The predicted molar refractivity (Wildman–Crippen MR) is 117 cm³/mol. The van der Waals surface area contributed by atoms with Crippen LogP contribution in [0.4, 0.5) is 0 Å². The summed E-state index contributed by atoms with van der Waals surface area (Å²) in [5.74, 6) is 1.31. The van der Waals surface area contributed by atoms with Crippen LogP contribution in [-0.4, -0.2) is 29.8 Å². The predicted octanol–water partition coefficient (Wildman–Crippen LogP) is 4.00. The number of aromatic nitrogens is 6. The molecule has 0 N–H and O–H groups in total. The summed E-state index contributed by atoms with van der Waals surface area (Å²) >= 11 is 3.00. The molecule has 3 heterocycles. The maximum atomic E-state index is 13.1. The monoisotopic (exact) mass is 424 g/mol. The molecular weight excluding hydrogens is 404 g/mol. The van der Waals surface area contributed by atoms with E-state index in [1.165, 1.54) is 23.1 Å². The van der Waals surface area contributed by atoms with Crippen molar-refractivity contribution in [3.8, 4) is 10.4 Å². The lowest BCUT2D eigenvalue weighted by atomic mass is 10.2. The van der Waals surface area contributed by atoms with Crippen LogP contribution < -0.4 is 5.56 Å². The number of allylic oxidation sites excluding steroid dienone is 1. The summed E-state index contributed by atoms with van der Waals surface area (Å²) in [6.45, 7) is 7.04. The SMILES string of the molecule is C=CCn1c(SCc2nnnn2CCC)nc2sc(-c3ccccc3)cc2c1=O. The summed E-state index contributed by atoms with van der Waals surface area (Å²) in [5, 5.41) is 13.2. The number of tetrazole rings is 1. The number of nitrogens with zero attached hydrogens (tertiary/aromatic N) is 6. The molecule has 0 atom stereocenters. The Balaban J connectivity index is 1.72. The van der Waals surface area contributed by atoms with Crippen molar-refractivity contribution in [1.29, 1.82) is 0 Å². The fraction of sp³-hybridized carbons (Fsp3) is 0.250. The van der Waals surface area contributed by atoms with E-state index < -0.39 is 0 Å². The van der Waals surface area contributed by atoms with E-state index in [2.05, 4.69) is 29.0 Å². The third-order valence-corrected chi connectivity index (χ3v) is 6.41. The number of thioether (sulfide) groups is 1. The zero-order valence-corrected chi connectivity index (χ0v) is 17.6. The van der Waals surface area contributed by atoms with Gasteiger partial charge in [0, 0.05) is 18.0 Å². The second-order valence-corrected chi connectivity index (χ2v) is 8.37. The second-order valence-electron chi connectivity index (χ2n) is 6.40. The van der Waals surface area contributed by atoms with Crippen molar-refractivity contribution in [2.45, 2.75) is 37.3 Å². The second kappa shape index (κ2) is 8.71. The van der Waals surface area contributed by atoms with Crippen molar-refractivity contribution < 1.29 is 0 Å². The van der Waals surface area contributed by atoms with E-state index in [0.717, 1.165) is 34.1 Å². The van der Waals surface area contributed by atoms with Crippen LogP contribution in [0.3, 0.4) is 0 Å². The molecule has 4 rings (SSSR count). The van der Waals surface area contributed by atoms with E-state index in [1.54, 1.807) is 15.3 Å². The fourth-order valence-corrected chi connectivity index (χ4v) is 5.00. The summed E-state index contributed by atoms with van der Waals surface area (Å²) in [4.78, 5) is 19.7. The molecule has 0 bridgehead atoms. The third-order valence-electron chi connectivity index (χ3n) is 4.36. The average molecular weight is 425 g/mol. The summed E-state index contributed by atoms with van der Waals surface area (Å²) in [6, 6.07) is 12.0. The molecule has 1 aromatic carbocycles. The quantitative estimate of drug-likeness (QED) is 0.242. The maximum absolute atomic E-state index is 13.1. The van der Waals surface area contributed by atoms with Crippen LogP contribution in [0.5, 0.6) is 0 Å². The molecule has 0 spiro atoms. The van der Waals surface area contributed by atoms with Gasteiger partial charge in [0.15, 0.2) is 11.0 Å². The van der Waals surface area contributed by atoms with Crippen LogP contribution in [0.25, 0.3) is 20.7 Å². The largest absolute Gasteiger partial charge is 0.283 e. The molecule has 7 nitrogen and oxygen atoms in total. The summed E-state index contributed by atoms with van der Waals surface area (Å²) in [5.41, 5.74) is 1.03. The number of thiophene rings is 1. The van der Waals surface area contributed by atoms with E-state index in [4.69, 9.17) is 4.98 Å². The van der Waals surface area contributed by atoms with Gasteiger partial charge in [0.2, 0.25) is 0 Å². The van der Waals surface area contributed by atoms with Crippen LogP contribution in [0, 0.1) is 0 Å². The van der Waals surface area contributed by atoms with E-state index in [-0.39, 0.29) is 5.56 Å². The van der Waals surface area contributed by atoms with Gasteiger partial charge in [-0.05, 0) is 28.5 Å². The zero-order valence-electron chi connectivity index (χ0n) is 16.0. The fourth-order valence-electron chi connectivity index (χ4n) is 2.98. The van der Waals surface area contributed by atoms with Gasteiger partial charge in [-0.3, -0.25) is 9.36 Å². The molecule has 0 aliphatic carbocycles. The molecule has 148 valence electrons. The molecule has 0 aliphatic heterocycles. The molecule has 4 aromatic rings. The lowest BCUT2D eigenvalue weighted by Crippen LogP contribution is -2.22. The molecule has 0 saturated heterocycles. The zero-order chi connectivity index (χ0) is 20.2. The summed E-state index contributed by atoms with van der Waals surface area (Å²) in [7, 11) is 0. The molecule has 3 aromatic heterocycles. The molecule has 0 aliphatic rings. The van der Waals surface area contributed by atoms with Gasteiger partial charge in [0.05, 0.1) is 11.1 Å². The van der Waals surface area contributed by atoms with Crippen molar-refractivity contribution in [3.05, 3.63) is 65.2 Å². The summed E-state index contributed by atoms with van der Waals surface area (Å²) in [6.07, 6.45) is 2.66. The minimum absolute atomic E-state index is 0.0519. The van der Waals surface area contributed by atoms with Crippen molar-refractivity contribution >= 4 is 33.3 Å². The van der Waals surface area contributed by atoms with Crippen molar-refractivity contribution in [2.75, 3.05) is 0 Å². The number of benzene rings is 1. The van der Waals surface area contributed by atoms with Gasteiger partial charge in [0.25, 0.3) is 5.56 Å². The maximum Gasteiger partial charge on any atom is 0.263 e. The minimum atomic E-state index is -0.0519. The van der Waals surface area contributed by atoms with Gasteiger partial charge >= 0.3 is 0 Å². The molecule has 0 fully saturated rings. The normalized spacial score (nSPS) is 11.2. The van der Waals surface area contributed by atoms with Crippen molar-refractivity contribution in [1.82, 2.24) is 29.8 Å². The highest BCUT2D eigenvalue weighted by molar-refractivity contribution is 7.98. The molecule has 0 unspecified atom stereocenters. The lowest BCUT2D eigenvalue weighted by Gasteiger charge is -2.09. The van der Waals surface area contributed by atoms with Gasteiger partial charge in [-0.2, -0.15) is 0 Å². The number of rotatable bonds is 8. The first-order valence-corrected chi connectivity index (χ1v) is 11.1. The smallest absolute Gasteiger partial charge is 0.263 e. The third kappa shape index (κ3) is 4.01. The Bertz CT molecular complexity index is 1190. The van der Waals surface area contributed by atoms with E-state index >= 15 is 0 Å². The van der Waals surface area contributed by atoms with Crippen molar-refractivity contribution in [3.63, 3.8) is 0 Å². The number of fused-ring (bicyclic) bond motifs is 1. The Labute approximate surface area is 176 Å². The standard InChI is InChI=1S/C20H20N6OS2/c1-3-10-25-19(27)15-12-16(14-8-6-5-7-9-14)29-18(15)21-20(25)28-13-17-22-23-24-26(17)11-4-2/h3,5-9,12H,1,4,10-11,13H2,2H3. The van der Waals surface area contributed by atoms with E-state index in [9.17, 15) is 4.79 Å². The van der Waals surface area contributed by atoms with Crippen LogP contribution >= 0.6 is 23.1 Å². The first-order valence-electron chi connectivity index (χ1n) is 9.29. The van der Waals surface area contributed by atoms with E-state index in [0.29, 0.717) is 22.8 Å². The Morgan fingerprint density at radius 1 is 1.28 bits per heavy atom. The van der Waals surface area contributed by atoms with E-state index in [1.807, 2.05) is 36.4 Å². The number of aryl methyl sites for hydroxylation is 1. The van der Waals surface area contributed by atoms with Gasteiger partial charge in [-0.25, -0.2) is 9.67 Å². The Morgan fingerprint density at radius 3 is 2.86 bits per heavy atom. The first kappa shape index (κ1) is 19.5. The summed E-state index contributed by atoms with van der Waals surface area (Å²) < 4.78 is 3.45. The van der Waals surface area contributed by atoms with Crippen LogP contribution in [0.2, 0.25) is 0 Å². The average Bonchev–Trinajstić information content (AvgIpc) is 3.37. The molecule has 29 heavy (non-hydrogen) atoms. The van der Waals surface area contributed by atoms with Gasteiger partial charge in [-0.1, -0.05) is 55.1 Å². The number of hydrogen-bond donors (Lipinski definition) is 0. The van der Waals surface area contributed by atoms with Gasteiger partial charge in [0.1, 0.15) is 4.83 Å². The number of hydrogen-bond acceptors (Lipinski definition) is 7.